The van der Waals surface area contributed by atoms with E-state index >= 15 is 0 Å². The van der Waals surface area contributed by atoms with Crippen molar-refractivity contribution in [3.8, 4) is 0 Å². The summed E-state index contributed by atoms with van der Waals surface area (Å²) in [5.74, 6) is 0.615. The number of ether oxygens (including phenoxy) is 1. The van der Waals surface area contributed by atoms with Gasteiger partial charge in [0.05, 0.1) is 6.10 Å². The second-order valence-electron chi connectivity index (χ2n) is 4.78. The van der Waals surface area contributed by atoms with Crippen molar-refractivity contribution < 1.29 is 9.53 Å². The van der Waals surface area contributed by atoms with E-state index in [4.69, 9.17) is 4.74 Å². The van der Waals surface area contributed by atoms with Crippen molar-refractivity contribution >= 4 is 5.91 Å². The minimum Gasteiger partial charge on any atom is -0.378 e. The highest BCUT2D eigenvalue weighted by atomic mass is 16.5. The first kappa shape index (κ1) is 16.4. The summed E-state index contributed by atoms with van der Waals surface area (Å²) in [5, 5.41) is 5.95. The predicted molar refractivity (Wildman–Crippen MR) is 71.0 cm³/mol. The van der Waals surface area contributed by atoms with E-state index < -0.39 is 0 Å². The summed E-state index contributed by atoms with van der Waals surface area (Å²) in [7, 11) is 1.85. The number of carbonyl (C=O) groups is 1. The van der Waals surface area contributed by atoms with Crippen LogP contribution in [0.25, 0.3) is 0 Å². The van der Waals surface area contributed by atoms with Crippen molar-refractivity contribution in [2.24, 2.45) is 11.8 Å². The van der Waals surface area contributed by atoms with E-state index in [-0.39, 0.29) is 17.9 Å². The molecule has 0 saturated carbocycles. The first-order valence-corrected chi connectivity index (χ1v) is 6.56. The Morgan fingerprint density at radius 2 is 1.94 bits per heavy atom. The molecule has 0 fully saturated rings. The Balaban J connectivity index is 3.83. The Kier molecular flexibility index (Phi) is 9.09. The summed E-state index contributed by atoms with van der Waals surface area (Å²) in [6.45, 7) is 10.3. The summed E-state index contributed by atoms with van der Waals surface area (Å²) in [5.41, 5.74) is 0. The summed E-state index contributed by atoms with van der Waals surface area (Å²) < 4.78 is 5.63. The van der Waals surface area contributed by atoms with Crippen LogP contribution in [0.4, 0.5) is 0 Å². The van der Waals surface area contributed by atoms with E-state index in [0.29, 0.717) is 19.0 Å². The molecule has 0 aromatic carbocycles. The zero-order valence-corrected chi connectivity index (χ0v) is 11.9. The topological polar surface area (TPSA) is 50.4 Å². The number of carbonyl (C=O) groups excluding carboxylic acids is 1. The van der Waals surface area contributed by atoms with Crippen LogP contribution >= 0.6 is 0 Å². The fourth-order valence-electron chi connectivity index (χ4n) is 1.73. The molecule has 0 heterocycles. The van der Waals surface area contributed by atoms with Gasteiger partial charge in [-0.2, -0.15) is 0 Å². The van der Waals surface area contributed by atoms with Crippen molar-refractivity contribution in [2.75, 3.05) is 26.7 Å². The lowest BCUT2D eigenvalue weighted by Crippen LogP contribution is -2.36. The van der Waals surface area contributed by atoms with Gasteiger partial charge in [0.15, 0.2) is 0 Å². The van der Waals surface area contributed by atoms with Crippen LogP contribution in [-0.2, 0) is 9.53 Å². The highest BCUT2D eigenvalue weighted by molar-refractivity contribution is 5.78. The smallest absolute Gasteiger partial charge is 0.224 e. The lowest BCUT2D eigenvalue weighted by molar-refractivity contribution is -0.124. The molecule has 1 amide bonds. The van der Waals surface area contributed by atoms with E-state index in [1.165, 1.54) is 0 Å². The van der Waals surface area contributed by atoms with Gasteiger partial charge >= 0.3 is 0 Å². The van der Waals surface area contributed by atoms with Crippen LogP contribution in [0.1, 0.15) is 34.1 Å². The van der Waals surface area contributed by atoms with Gasteiger partial charge in [-0.3, -0.25) is 4.79 Å². The van der Waals surface area contributed by atoms with Gasteiger partial charge in [0.1, 0.15) is 0 Å². The highest BCUT2D eigenvalue weighted by Crippen LogP contribution is 2.10. The molecule has 0 aliphatic rings. The van der Waals surface area contributed by atoms with Gasteiger partial charge in [-0.15, -0.1) is 0 Å². The molecular weight excluding hydrogens is 216 g/mol. The van der Waals surface area contributed by atoms with Crippen LogP contribution in [0.3, 0.4) is 0 Å². The molecule has 0 rings (SSSR count). The average molecular weight is 244 g/mol. The Morgan fingerprint density at radius 3 is 2.41 bits per heavy atom. The van der Waals surface area contributed by atoms with Gasteiger partial charge in [0.2, 0.25) is 5.91 Å². The zero-order chi connectivity index (χ0) is 13.3. The predicted octanol–water partition coefficient (Wildman–Crippen LogP) is 1.41. The van der Waals surface area contributed by atoms with Crippen molar-refractivity contribution in [1.29, 1.82) is 0 Å². The summed E-state index contributed by atoms with van der Waals surface area (Å²) in [6.07, 6.45) is 1.11. The van der Waals surface area contributed by atoms with Crippen LogP contribution in [0.5, 0.6) is 0 Å². The lowest BCUT2D eigenvalue weighted by atomic mass is 10.0. The van der Waals surface area contributed by atoms with Crippen LogP contribution < -0.4 is 10.6 Å². The Hall–Kier alpha value is -0.610. The number of nitrogens with one attached hydrogen (secondary N) is 2. The van der Waals surface area contributed by atoms with E-state index in [1.54, 1.807) is 0 Å². The van der Waals surface area contributed by atoms with E-state index in [9.17, 15) is 4.79 Å². The molecule has 17 heavy (non-hydrogen) atoms. The number of rotatable bonds is 9. The Labute approximate surface area is 105 Å². The molecule has 102 valence electrons. The third kappa shape index (κ3) is 7.34. The van der Waals surface area contributed by atoms with Crippen LogP contribution in [0.15, 0.2) is 0 Å². The minimum absolute atomic E-state index is 0.0181. The molecule has 2 atom stereocenters. The van der Waals surface area contributed by atoms with Gasteiger partial charge < -0.3 is 15.4 Å². The molecule has 2 unspecified atom stereocenters. The molecule has 0 aromatic heterocycles. The zero-order valence-electron chi connectivity index (χ0n) is 11.9. The first-order valence-electron chi connectivity index (χ1n) is 6.56. The second-order valence-corrected chi connectivity index (χ2v) is 4.78. The maximum atomic E-state index is 11.7. The normalized spacial score (nSPS) is 14.7. The molecule has 0 aromatic rings. The molecule has 0 saturated heterocycles. The Bertz CT molecular complexity index is 208. The van der Waals surface area contributed by atoms with Crippen molar-refractivity contribution in [3.05, 3.63) is 0 Å². The molecule has 4 heteroatoms. The summed E-state index contributed by atoms with van der Waals surface area (Å²) in [4.78, 5) is 11.7. The molecule has 0 aliphatic carbocycles. The maximum Gasteiger partial charge on any atom is 0.224 e. The first-order chi connectivity index (χ1) is 8.02. The van der Waals surface area contributed by atoms with Gasteiger partial charge in [0.25, 0.3) is 0 Å². The summed E-state index contributed by atoms with van der Waals surface area (Å²) >= 11 is 0. The Morgan fingerprint density at radius 1 is 1.29 bits per heavy atom. The molecule has 4 nitrogen and oxygen atoms in total. The van der Waals surface area contributed by atoms with Crippen molar-refractivity contribution in [2.45, 2.75) is 40.2 Å². The van der Waals surface area contributed by atoms with E-state index in [1.807, 2.05) is 20.9 Å². The van der Waals surface area contributed by atoms with Crippen molar-refractivity contribution in [1.82, 2.24) is 10.6 Å². The van der Waals surface area contributed by atoms with Crippen molar-refractivity contribution in [3.63, 3.8) is 0 Å². The van der Waals surface area contributed by atoms with E-state index in [0.717, 1.165) is 13.0 Å². The largest absolute Gasteiger partial charge is 0.378 e. The fraction of sp³-hybridized carbons (Fsp3) is 0.923. The van der Waals surface area contributed by atoms with Crippen LogP contribution in [0, 0.1) is 11.8 Å². The molecule has 0 spiro atoms. The van der Waals surface area contributed by atoms with Gasteiger partial charge in [-0.1, -0.05) is 20.8 Å². The SMILES string of the molecule is CCOC(CCNC(=O)C(C)CNC)C(C)C. The number of hydrogen-bond donors (Lipinski definition) is 2. The van der Waals surface area contributed by atoms with Crippen LogP contribution in [0.2, 0.25) is 0 Å². The second kappa shape index (κ2) is 9.42. The van der Waals surface area contributed by atoms with Gasteiger partial charge in [0, 0.05) is 25.6 Å². The molecule has 0 aliphatic heterocycles. The monoisotopic (exact) mass is 244 g/mol. The third-order valence-electron chi connectivity index (χ3n) is 2.81. The fourth-order valence-corrected chi connectivity index (χ4v) is 1.73. The summed E-state index contributed by atoms with van der Waals surface area (Å²) in [6, 6.07) is 0. The number of amides is 1. The molecule has 0 radical (unpaired) electrons. The highest BCUT2D eigenvalue weighted by Gasteiger charge is 2.15. The van der Waals surface area contributed by atoms with Gasteiger partial charge in [-0.05, 0) is 26.3 Å². The van der Waals surface area contributed by atoms with E-state index in [2.05, 4.69) is 24.5 Å². The van der Waals surface area contributed by atoms with Gasteiger partial charge in [-0.25, -0.2) is 0 Å². The minimum atomic E-state index is 0.0181. The quantitative estimate of drug-likeness (QED) is 0.645. The number of hydrogen-bond acceptors (Lipinski definition) is 3. The molecule has 0 bridgehead atoms. The molecule has 2 N–H and O–H groups in total. The van der Waals surface area contributed by atoms with Crippen LogP contribution in [-0.4, -0.2) is 38.8 Å². The third-order valence-corrected chi connectivity index (χ3v) is 2.81. The lowest BCUT2D eigenvalue weighted by Gasteiger charge is -2.21. The average Bonchev–Trinajstić information content (AvgIpc) is 2.27. The standard InChI is InChI=1S/C13H28N2O2/c1-6-17-12(10(2)3)7-8-15-13(16)11(4)9-14-5/h10-12,14H,6-9H2,1-5H3,(H,15,16). The molecular formula is C13H28N2O2. The maximum absolute atomic E-state index is 11.7.